The largest absolute Gasteiger partial charge is 0.507 e. The Morgan fingerprint density at radius 3 is 1.91 bits per heavy atom. The number of carbonyl (C=O) groups is 4. The molecule has 250 valence electrons. The molecule has 0 radical (unpaired) electrons. The lowest BCUT2D eigenvalue weighted by atomic mass is 9.76. The van der Waals surface area contributed by atoms with Gasteiger partial charge in [-0.1, -0.05) is 52.0 Å². The maximum atomic E-state index is 13.7. The first-order chi connectivity index (χ1) is 21.4. The van der Waals surface area contributed by atoms with Crippen molar-refractivity contribution in [2.24, 2.45) is 29.6 Å². The van der Waals surface area contributed by atoms with E-state index in [0.29, 0.717) is 0 Å². The minimum atomic E-state index is -1.39. The predicted molar refractivity (Wildman–Crippen MR) is 170 cm³/mol. The Morgan fingerprint density at radius 2 is 1.33 bits per heavy atom. The molecular weight excluding hydrogens is 594 g/mol. The van der Waals surface area contributed by atoms with E-state index < -0.39 is 95.2 Å². The maximum absolute atomic E-state index is 13.7. The van der Waals surface area contributed by atoms with E-state index in [9.17, 15) is 49.8 Å². The molecule has 0 saturated heterocycles. The SMILES string of the molecule is C/C1=C/C=C/[C@H](C)[C@H](O)[C@@H](C)[C@@H](O)[C@@H](C)[C@@H](O)[C@H](C)[C@@H](O)C(CO)/C=C(\C)C(=O)c2c(O)c(C)cc3c2C(=O)C=C(NC1=O)C3=O. The number of carbonyl (C=O) groups excluding carboxylic acids is 4. The topological polar surface area (TPSA) is 202 Å². The molecule has 9 atom stereocenters. The zero-order valence-electron chi connectivity index (χ0n) is 27.2. The molecule has 2 aliphatic heterocycles. The molecule has 1 unspecified atom stereocenters. The molecule has 11 nitrogen and oxygen atoms in total. The van der Waals surface area contributed by atoms with E-state index >= 15 is 0 Å². The van der Waals surface area contributed by atoms with Crippen LogP contribution < -0.4 is 5.32 Å². The molecule has 46 heavy (non-hydrogen) atoms. The summed E-state index contributed by atoms with van der Waals surface area (Å²) in [5.41, 5.74) is -1.02. The zero-order chi connectivity index (χ0) is 34.8. The molecule has 1 amide bonds. The normalized spacial score (nSPS) is 35.0. The van der Waals surface area contributed by atoms with Crippen LogP contribution in [0, 0.1) is 36.5 Å². The third-order valence-corrected chi connectivity index (χ3v) is 9.34. The third-order valence-electron chi connectivity index (χ3n) is 9.34. The van der Waals surface area contributed by atoms with Crippen molar-refractivity contribution in [2.45, 2.75) is 72.9 Å². The Labute approximate surface area is 268 Å². The van der Waals surface area contributed by atoms with Gasteiger partial charge in [0.2, 0.25) is 5.78 Å². The summed E-state index contributed by atoms with van der Waals surface area (Å²) in [5, 5.41) is 67.8. The van der Waals surface area contributed by atoms with E-state index in [1.165, 1.54) is 45.9 Å². The van der Waals surface area contributed by atoms with Crippen molar-refractivity contribution in [3.05, 3.63) is 75.5 Å². The first-order valence-corrected chi connectivity index (χ1v) is 15.3. The number of hydrogen-bond donors (Lipinski definition) is 7. The van der Waals surface area contributed by atoms with E-state index in [-0.39, 0.29) is 33.5 Å². The molecule has 1 aromatic rings. The van der Waals surface area contributed by atoms with Crippen molar-refractivity contribution in [1.82, 2.24) is 5.32 Å². The number of hydrogen-bond acceptors (Lipinski definition) is 10. The lowest BCUT2D eigenvalue weighted by molar-refractivity contribution is -0.116. The van der Waals surface area contributed by atoms with Gasteiger partial charge in [0.15, 0.2) is 11.6 Å². The zero-order valence-corrected chi connectivity index (χ0v) is 27.2. The van der Waals surface area contributed by atoms with Crippen molar-refractivity contribution in [3.8, 4) is 5.75 Å². The minimum Gasteiger partial charge on any atom is -0.507 e. The van der Waals surface area contributed by atoms with Crippen LogP contribution in [-0.4, -0.2) is 84.9 Å². The number of rotatable bonds is 1. The van der Waals surface area contributed by atoms with E-state index in [0.717, 1.165) is 6.08 Å². The van der Waals surface area contributed by atoms with Crippen molar-refractivity contribution in [2.75, 3.05) is 6.61 Å². The smallest absolute Gasteiger partial charge is 0.251 e. The van der Waals surface area contributed by atoms with Crippen LogP contribution in [0.2, 0.25) is 0 Å². The molecule has 7 N–H and O–H groups in total. The number of aliphatic hydroxyl groups excluding tert-OH is 5. The van der Waals surface area contributed by atoms with Crippen LogP contribution in [0.5, 0.6) is 5.75 Å². The number of allylic oxidation sites excluding steroid dienone is 5. The van der Waals surface area contributed by atoms with E-state index in [2.05, 4.69) is 5.32 Å². The first kappa shape index (κ1) is 36.7. The molecule has 2 heterocycles. The van der Waals surface area contributed by atoms with Gasteiger partial charge in [-0.15, -0.1) is 0 Å². The fraction of sp³-hybridized carbons (Fsp3) is 0.486. The lowest BCUT2D eigenvalue weighted by Gasteiger charge is -2.37. The second-order valence-electron chi connectivity index (χ2n) is 12.7. The quantitative estimate of drug-likeness (QED) is 0.239. The number of ketones is 3. The van der Waals surface area contributed by atoms with Crippen molar-refractivity contribution in [3.63, 3.8) is 0 Å². The third kappa shape index (κ3) is 7.29. The van der Waals surface area contributed by atoms with Crippen LogP contribution in [0.3, 0.4) is 0 Å². The number of benzene rings is 1. The molecule has 0 fully saturated rings. The fourth-order valence-electron chi connectivity index (χ4n) is 6.04. The summed E-state index contributed by atoms with van der Waals surface area (Å²) in [5.74, 6) is -7.57. The number of nitrogens with one attached hydrogen (secondary N) is 1. The fourth-order valence-corrected chi connectivity index (χ4v) is 6.04. The Morgan fingerprint density at radius 1 is 0.761 bits per heavy atom. The molecule has 0 spiro atoms. The van der Waals surface area contributed by atoms with Gasteiger partial charge >= 0.3 is 0 Å². The summed E-state index contributed by atoms with van der Waals surface area (Å²) < 4.78 is 0. The summed E-state index contributed by atoms with van der Waals surface area (Å²) in [6, 6.07) is 1.26. The average molecular weight is 640 g/mol. The van der Waals surface area contributed by atoms with Gasteiger partial charge in [-0.3, -0.25) is 19.2 Å². The molecule has 1 aromatic carbocycles. The van der Waals surface area contributed by atoms with Gasteiger partial charge in [0.1, 0.15) is 5.75 Å². The molecule has 11 heteroatoms. The number of Topliss-reactive ketones (excluding diaryl/α,β-unsaturated/α-hetero) is 2. The predicted octanol–water partition coefficient (Wildman–Crippen LogP) is 2.32. The standard InChI is InChI=1S/C35H45NO10/c1-15-9-8-10-16(2)35(46)36-24-13-25(38)26-23(34(24)45)12-18(4)30(41)27(26)29(40)17(3)11-22(14-37)33(44)21(7)32(43)20(6)31(42)19(5)28(15)39/h8-13,15,19-22,28,31-33,37,39,41-44H,14H2,1-7H3,(H,36,46)/b9-8+,16-10-,17-11+/t15-,19+,20+,21-,22?,28-,31+,32+,33+/m0/s1. The highest BCUT2D eigenvalue weighted by molar-refractivity contribution is 6.30. The van der Waals surface area contributed by atoms with Crippen LogP contribution in [-0.2, 0) is 4.79 Å². The number of fused-ring (bicyclic) bond motifs is 15. The molecular formula is C35H45NO10. The van der Waals surface area contributed by atoms with Gasteiger partial charge in [-0.2, -0.15) is 0 Å². The monoisotopic (exact) mass is 639 g/mol. The van der Waals surface area contributed by atoms with Crippen LogP contribution in [0.4, 0.5) is 0 Å². The summed E-state index contributed by atoms with van der Waals surface area (Å²) in [7, 11) is 0. The van der Waals surface area contributed by atoms with Crippen LogP contribution in [0.1, 0.15) is 78.2 Å². The first-order valence-electron chi connectivity index (χ1n) is 15.3. The maximum Gasteiger partial charge on any atom is 0.251 e. The molecule has 4 bridgehead atoms. The Bertz CT molecular complexity index is 1520. The van der Waals surface area contributed by atoms with Gasteiger partial charge in [0.05, 0.1) is 42.3 Å². The Kier molecular flexibility index (Phi) is 11.8. The molecule has 1 aliphatic carbocycles. The highest BCUT2D eigenvalue weighted by Gasteiger charge is 2.39. The van der Waals surface area contributed by atoms with E-state index in [1.807, 2.05) is 0 Å². The average Bonchev–Trinajstić information content (AvgIpc) is 3.03. The van der Waals surface area contributed by atoms with Crippen LogP contribution in [0.15, 0.2) is 53.3 Å². The van der Waals surface area contributed by atoms with Crippen LogP contribution >= 0.6 is 0 Å². The number of phenols is 1. The van der Waals surface area contributed by atoms with Gasteiger partial charge in [-0.25, -0.2) is 0 Å². The highest BCUT2D eigenvalue weighted by atomic mass is 16.3. The number of aryl methyl sites for hydroxylation is 1. The Balaban J connectivity index is 2.19. The second kappa shape index (κ2) is 14.8. The van der Waals surface area contributed by atoms with E-state index in [4.69, 9.17) is 0 Å². The molecule has 4 rings (SSSR count). The van der Waals surface area contributed by atoms with E-state index in [1.54, 1.807) is 32.9 Å². The number of amides is 1. The summed E-state index contributed by atoms with van der Waals surface area (Å²) in [4.78, 5) is 53.5. The molecule has 0 saturated carbocycles. The second-order valence-corrected chi connectivity index (χ2v) is 12.7. The lowest BCUT2D eigenvalue weighted by Crippen LogP contribution is -2.46. The van der Waals surface area contributed by atoms with Crippen molar-refractivity contribution >= 4 is 23.3 Å². The number of aliphatic hydroxyl groups is 5. The number of aromatic hydroxyl groups is 1. The molecule has 3 aliphatic rings. The summed E-state index contributed by atoms with van der Waals surface area (Å²) >= 11 is 0. The summed E-state index contributed by atoms with van der Waals surface area (Å²) in [6.07, 6.45) is 1.87. The van der Waals surface area contributed by atoms with Gasteiger partial charge in [0, 0.05) is 52.4 Å². The molecule has 0 aromatic heterocycles. The van der Waals surface area contributed by atoms with Gasteiger partial charge < -0.3 is 36.0 Å². The van der Waals surface area contributed by atoms with Crippen molar-refractivity contribution in [1.29, 1.82) is 0 Å². The highest BCUT2D eigenvalue weighted by Crippen LogP contribution is 2.35. The van der Waals surface area contributed by atoms with Crippen LogP contribution in [0.25, 0.3) is 0 Å². The van der Waals surface area contributed by atoms with Crippen molar-refractivity contribution < 1.29 is 49.8 Å². The minimum absolute atomic E-state index is 0.0586. The van der Waals surface area contributed by atoms with Gasteiger partial charge in [-0.05, 0) is 38.0 Å². The number of phenolic OH excluding ortho intramolecular Hbond substituents is 1. The van der Waals surface area contributed by atoms with Gasteiger partial charge in [0.25, 0.3) is 5.91 Å². The summed E-state index contributed by atoms with van der Waals surface area (Å²) in [6.45, 7) is 10.1. The Hall–Kier alpha value is -3.74.